The zero-order chi connectivity index (χ0) is 14.5. The summed E-state index contributed by atoms with van der Waals surface area (Å²) in [6.07, 6.45) is 0. The van der Waals surface area contributed by atoms with Gasteiger partial charge >= 0.3 is 0 Å². The molecule has 1 aromatic heterocycles. The molecule has 0 aliphatic rings. The Labute approximate surface area is 117 Å². The molecule has 2 N–H and O–H groups in total. The number of hydrogen-bond donors (Lipinski definition) is 2. The summed E-state index contributed by atoms with van der Waals surface area (Å²) in [5.41, 5.74) is 1.78. The predicted octanol–water partition coefficient (Wildman–Crippen LogP) is 0.752. The third-order valence-corrected chi connectivity index (χ3v) is 2.81. The smallest absolute Gasteiger partial charge is 0.251 e. The molecule has 0 saturated heterocycles. The van der Waals surface area contributed by atoms with Crippen molar-refractivity contribution in [2.45, 2.75) is 19.5 Å². The number of tetrazole rings is 1. The van der Waals surface area contributed by atoms with Crippen molar-refractivity contribution in [2.75, 3.05) is 14.1 Å². The van der Waals surface area contributed by atoms with Gasteiger partial charge in [-0.1, -0.05) is 17.3 Å². The zero-order valence-electron chi connectivity index (χ0n) is 11.8. The molecule has 20 heavy (non-hydrogen) atoms. The Hall–Kier alpha value is -2.28. The van der Waals surface area contributed by atoms with Crippen LogP contribution in [0.25, 0.3) is 0 Å². The Morgan fingerprint density at radius 3 is 2.60 bits per heavy atom. The summed E-state index contributed by atoms with van der Waals surface area (Å²) in [6.45, 7) is 2.66. The molecular formula is C13H18N6O. The summed E-state index contributed by atoms with van der Waals surface area (Å²) in [5.74, 6) is 0.307. The van der Waals surface area contributed by atoms with Crippen molar-refractivity contribution in [2.24, 2.45) is 0 Å². The first-order valence-electron chi connectivity index (χ1n) is 6.34. The summed E-state index contributed by atoms with van der Waals surface area (Å²) in [5, 5.41) is 16.3. The number of carbonyl (C=O) groups excluding carboxylic acids is 1. The molecule has 7 nitrogen and oxygen atoms in total. The molecule has 0 saturated carbocycles. The van der Waals surface area contributed by atoms with Gasteiger partial charge in [0.15, 0.2) is 5.82 Å². The molecule has 1 atom stereocenters. The van der Waals surface area contributed by atoms with E-state index in [4.69, 9.17) is 0 Å². The topological polar surface area (TPSA) is 86.8 Å². The number of nitrogens with one attached hydrogen (secondary N) is 2. The lowest BCUT2D eigenvalue weighted by atomic mass is 10.1. The third kappa shape index (κ3) is 3.61. The van der Waals surface area contributed by atoms with Gasteiger partial charge in [-0.3, -0.25) is 4.79 Å². The standard InChI is InChI=1S/C13H18N6O/c1-9(12-15-17-18-16-12)14-13(20)11-6-4-10(5-7-11)8-19(2)3/h4-7,9H,8H2,1-3H3,(H,14,20)(H,15,16,17,18). The van der Waals surface area contributed by atoms with Gasteiger partial charge in [0.05, 0.1) is 6.04 Å². The molecule has 0 spiro atoms. The summed E-state index contributed by atoms with van der Waals surface area (Å²) >= 11 is 0. The lowest BCUT2D eigenvalue weighted by Gasteiger charge is -2.12. The molecule has 0 fully saturated rings. The Morgan fingerprint density at radius 2 is 2.05 bits per heavy atom. The molecule has 0 aliphatic heterocycles. The van der Waals surface area contributed by atoms with Crippen LogP contribution in [0.1, 0.15) is 34.7 Å². The van der Waals surface area contributed by atoms with Crippen LogP contribution in [0.2, 0.25) is 0 Å². The Balaban J connectivity index is 1.99. The minimum atomic E-state index is -0.289. The highest BCUT2D eigenvalue weighted by Crippen LogP contribution is 2.09. The van der Waals surface area contributed by atoms with Crippen molar-refractivity contribution in [3.63, 3.8) is 0 Å². The second-order valence-corrected chi connectivity index (χ2v) is 4.90. The van der Waals surface area contributed by atoms with E-state index in [0.29, 0.717) is 11.4 Å². The summed E-state index contributed by atoms with van der Waals surface area (Å²) < 4.78 is 0. The van der Waals surface area contributed by atoms with Gasteiger partial charge in [-0.25, -0.2) is 0 Å². The van der Waals surface area contributed by atoms with E-state index in [-0.39, 0.29) is 11.9 Å². The van der Waals surface area contributed by atoms with Crippen molar-refractivity contribution >= 4 is 5.91 Å². The van der Waals surface area contributed by atoms with E-state index >= 15 is 0 Å². The number of H-pyrrole nitrogens is 1. The molecule has 7 heteroatoms. The van der Waals surface area contributed by atoms with Crippen LogP contribution in [0.4, 0.5) is 0 Å². The van der Waals surface area contributed by atoms with Crippen molar-refractivity contribution in [3.05, 3.63) is 41.2 Å². The molecule has 106 valence electrons. The van der Waals surface area contributed by atoms with Gasteiger partial charge in [0.2, 0.25) is 0 Å². The molecule has 1 aromatic carbocycles. The fourth-order valence-corrected chi connectivity index (χ4v) is 1.82. The Kier molecular flexibility index (Phi) is 4.41. The second kappa shape index (κ2) is 6.25. The largest absolute Gasteiger partial charge is 0.342 e. The van der Waals surface area contributed by atoms with Crippen LogP contribution in [0.3, 0.4) is 0 Å². The van der Waals surface area contributed by atoms with Gasteiger partial charge in [-0.2, -0.15) is 5.21 Å². The number of aromatic nitrogens is 4. The summed E-state index contributed by atoms with van der Waals surface area (Å²) in [7, 11) is 4.01. The normalized spacial score (nSPS) is 12.4. The molecule has 0 bridgehead atoms. The van der Waals surface area contributed by atoms with Crippen LogP contribution in [0, 0.1) is 0 Å². The van der Waals surface area contributed by atoms with Gasteiger partial charge < -0.3 is 10.2 Å². The molecule has 1 unspecified atom stereocenters. The lowest BCUT2D eigenvalue weighted by molar-refractivity contribution is 0.0938. The SMILES string of the molecule is CC(NC(=O)c1ccc(CN(C)C)cc1)c1nn[nH]n1. The molecule has 1 amide bonds. The Morgan fingerprint density at radius 1 is 1.35 bits per heavy atom. The molecule has 0 radical (unpaired) electrons. The molecule has 0 aliphatic carbocycles. The highest BCUT2D eigenvalue weighted by atomic mass is 16.1. The van der Waals surface area contributed by atoms with Crippen molar-refractivity contribution < 1.29 is 4.79 Å². The second-order valence-electron chi connectivity index (χ2n) is 4.90. The minimum absolute atomic E-state index is 0.154. The molecular weight excluding hydrogens is 256 g/mol. The number of aromatic amines is 1. The average Bonchev–Trinajstić information content (AvgIpc) is 2.92. The quantitative estimate of drug-likeness (QED) is 0.840. The van der Waals surface area contributed by atoms with E-state index in [1.54, 1.807) is 0 Å². The van der Waals surface area contributed by atoms with Crippen LogP contribution in [0.5, 0.6) is 0 Å². The first kappa shape index (κ1) is 14.1. The molecule has 1 heterocycles. The molecule has 2 rings (SSSR count). The predicted molar refractivity (Wildman–Crippen MR) is 73.9 cm³/mol. The maximum absolute atomic E-state index is 12.1. The van der Waals surface area contributed by atoms with Crippen molar-refractivity contribution in [3.8, 4) is 0 Å². The Bertz CT molecular complexity index is 549. The minimum Gasteiger partial charge on any atom is -0.342 e. The van der Waals surface area contributed by atoms with Crippen LogP contribution < -0.4 is 5.32 Å². The van der Waals surface area contributed by atoms with Crippen LogP contribution in [0.15, 0.2) is 24.3 Å². The van der Waals surface area contributed by atoms with Crippen LogP contribution >= 0.6 is 0 Å². The van der Waals surface area contributed by atoms with Crippen molar-refractivity contribution in [1.82, 2.24) is 30.8 Å². The average molecular weight is 274 g/mol. The van der Waals surface area contributed by atoms with E-state index in [2.05, 4.69) is 30.8 Å². The van der Waals surface area contributed by atoms with Crippen LogP contribution in [-0.4, -0.2) is 45.5 Å². The van der Waals surface area contributed by atoms with E-state index in [0.717, 1.165) is 12.1 Å². The first-order valence-corrected chi connectivity index (χ1v) is 6.34. The van der Waals surface area contributed by atoms with Gasteiger partial charge in [0.1, 0.15) is 0 Å². The summed E-state index contributed by atoms with van der Waals surface area (Å²) in [4.78, 5) is 14.2. The highest BCUT2D eigenvalue weighted by Gasteiger charge is 2.14. The number of rotatable bonds is 5. The third-order valence-electron chi connectivity index (χ3n) is 2.81. The number of benzene rings is 1. The maximum Gasteiger partial charge on any atom is 0.251 e. The van der Waals surface area contributed by atoms with Gasteiger partial charge in [-0.15, -0.1) is 10.2 Å². The maximum atomic E-state index is 12.1. The number of hydrogen-bond acceptors (Lipinski definition) is 5. The number of amides is 1. The lowest BCUT2D eigenvalue weighted by Crippen LogP contribution is -2.27. The van der Waals surface area contributed by atoms with E-state index in [1.807, 2.05) is 45.3 Å². The zero-order valence-corrected chi connectivity index (χ0v) is 11.8. The fourth-order valence-electron chi connectivity index (χ4n) is 1.82. The van der Waals surface area contributed by atoms with E-state index in [9.17, 15) is 4.79 Å². The van der Waals surface area contributed by atoms with Gasteiger partial charge in [-0.05, 0) is 38.7 Å². The van der Waals surface area contributed by atoms with Gasteiger partial charge in [0, 0.05) is 12.1 Å². The van der Waals surface area contributed by atoms with E-state index < -0.39 is 0 Å². The fraction of sp³-hybridized carbons (Fsp3) is 0.385. The van der Waals surface area contributed by atoms with Crippen LogP contribution in [-0.2, 0) is 6.54 Å². The van der Waals surface area contributed by atoms with Gasteiger partial charge in [0.25, 0.3) is 5.91 Å². The monoisotopic (exact) mass is 274 g/mol. The number of nitrogens with zero attached hydrogens (tertiary/aromatic N) is 4. The molecule has 2 aromatic rings. The highest BCUT2D eigenvalue weighted by molar-refractivity contribution is 5.94. The number of carbonyl (C=O) groups is 1. The van der Waals surface area contributed by atoms with E-state index in [1.165, 1.54) is 0 Å². The van der Waals surface area contributed by atoms with Crippen molar-refractivity contribution in [1.29, 1.82) is 0 Å². The first-order chi connectivity index (χ1) is 9.56. The summed E-state index contributed by atoms with van der Waals surface area (Å²) in [6, 6.07) is 7.25.